The minimum atomic E-state index is -0.651. The second-order valence-electron chi connectivity index (χ2n) is 8.76. The van der Waals surface area contributed by atoms with Crippen molar-refractivity contribution < 1.29 is 24.4 Å². The third-order valence-corrected chi connectivity index (χ3v) is 6.85. The fourth-order valence-electron chi connectivity index (χ4n) is 5.22. The zero-order chi connectivity index (χ0) is 20.8. The van der Waals surface area contributed by atoms with Crippen LogP contribution in [0, 0.1) is 17.8 Å². The van der Waals surface area contributed by atoms with Gasteiger partial charge in [0.2, 0.25) is 24.1 Å². The topological polar surface area (TPSA) is 107 Å². The molecule has 4 amide bonds. The summed E-state index contributed by atoms with van der Waals surface area (Å²) in [6.45, 7) is 0.406. The van der Waals surface area contributed by atoms with Gasteiger partial charge in [0.15, 0.2) is 0 Å². The van der Waals surface area contributed by atoms with Gasteiger partial charge in [0.25, 0.3) is 0 Å². The first-order valence-electron chi connectivity index (χ1n) is 11.1. The molecule has 1 saturated heterocycles. The number of amides is 4. The van der Waals surface area contributed by atoms with Crippen LogP contribution in [0.25, 0.3) is 0 Å². The van der Waals surface area contributed by atoms with Gasteiger partial charge in [0, 0.05) is 12.5 Å². The third kappa shape index (κ3) is 5.35. The van der Waals surface area contributed by atoms with E-state index in [2.05, 4.69) is 5.32 Å². The molecule has 2 N–H and O–H groups in total. The number of hydrogen-bond donors (Lipinski definition) is 2. The highest BCUT2D eigenvalue weighted by atomic mass is 16.5. The maximum absolute atomic E-state index is 13.3. The lowest BCUT2D eigenvalue weighted by molar-refractivity contribution is -0.160. The average Bonchev–Trinajstić information content (AvgIpc) is 3.44. The zero-order valence-corrected chi connectivity index (χ0v) is 17.1. The predicted octanol–water partition coefficient (Wildman–Crippen LogP) is 1.85. The van der Waals surface area contributed by atoms with Gasteiger partial charge in [-0.3, -0.25) is 29.7 Å². The standard InChI is InChI=1S/C21H33N3O5/c25-14-23(29)13-17(15-7-4-5-8-15)21(28)24-12-6-11-18(24)20(27)22-19(26)16-9-2-1-3-10-16/h14-18,29H,1-13H2,(H,22,26,27)/t17?,18-/m0/s1. The number of carbonyl (C=O) groups excluding carboxylic acids is 4. The second-order valence-corrected chi connectivity index (χ2v) is 8.76. The number of nitrogens with zero attached hydrogens (tertiary/aromatic N) is 2. The van der Waals surface area contributed by atoms with Gasteiger partial charge in [0.05, 0.1) is 12.5 Å². The number of hydroxylamine groups is 2. The van der Waals surface area contributed by atoms with Crippen molar-refractivity contribution in [3.8, 4) is 0 Å². The van der Waals surface area contributed by atoms with Gasteiger partial charge in [-0.25, -0.2) is 5.06 Å². The minimum Gasteiger partial charge on any atom is -0.330 e. The lowest BCUT2D eigenvalue weighted by atomic mass is 9.88. The molecular weight excluding hydrogens is 374 g/mol. The summed E-state index contributed by atoms with van der Waals surface area (Å²) in [5.74, 6) is -1.34. The Balaban J connectivity index is 1.65. The van der Waals surface area contributed by atoms with E-state index in [0.29, 0.717) is 30.9 Å². The van der Waals surface area contributed by atoms with E-state index >= 15 is 0 Å². The van der Waals surface area contributed by atoms with E-state index in [9.17, 15) is 24.4 Å². The Morgan fingerprint density at radius 1 is 0.966 bits per heavy atom. The molecule has 1 aliphatic heterocycles. The molecule has 2 aliphatic carbocycles. The van der Waals surface area contributed by atoms with Crippen LogP contribution in [0.3, 0.4) is 0 Å². The lowest BCUT2D eigenvalue weighted by Gasteiger charge is -2.32. The summed E-state index contributed by atoms with van der Waals surface area (Å²) in [5.41, 5.74) is 0. The van der Waals surface area contributed by atoms with Crippen molar-refractivity contribution in [3.63, 3.8) is 0 Å². The molecule has 8 heteroatoms. The summed E-state index contributed by atoms with van der Waals surface area (Å²) in [7, 11) is 0. The van der Waals surface area contributed by atoms with Crippen LogP contribution in [0.5, 0.6) is 0 Å². The SMILES string of the molecule is O=CN(O)CC(C(=O)N1CCC[C@H]1C(=O)NC(=O)C1CCCCC1)C1CCCC1. The van der Waals surface area contributed by atoms with Crippen LogP contribution in [0.4, 0.5) is 0 Å². The van der Waals surface area contributed by atoms with Crippen molar-refractivity contribution in [1.29, 1.82) is 0 Å². The van der Waals surface area contributed by atoms with Crippen molar-refractivity contribution in [2.24, 2.45) is 17.8 Å². The molecule has 1 heterocycles. The smallest absolute Gasteiger partial charge is 0.249 e. The Labute approximate surface area is 171 Å². The normalized spacial score (nSPS) is 24.3. The summed E-state index contributed by atoms with van der Waals surface area (Å²) < 4.78 is 0. The first-order valence-corrected chi connectivity index (χ1v) is 11.1. The van der Waals surface area contributed by atoms with Crippen LogP contribution in [0.15, 0.2) is 0 Å². The highest BCUT2D eigenvalue weighted by molar-refractivity contribution is 6.00. The van der Waals surface area contributed by atoms with Crippen LogP contribution in [0.1, 0.15) is 70.6 Å². The summed E-state index contributed by atoms with van der Waals surface area (Å²) in [6, 6.07) is -0.651. The molecule has 162 valence electrons. The molecule has 1 unspecified atom stereocenters. The molecule has 2 saturated carbocycles. The Hall–Kier alpha value is -1.96. The largest absolute Gasteiger partial charge is 0.330 e. The fraction of sp³-hybridized carbons (Fsp3) is 0.810. The van der Waals surface area contributed by atoms with Crippen molar-refractivity contribution >= 4 is 24.1 Å². The van der Waals surface area contributed by atoms with Crippen molar-refractivity contribution in [2.75, 3.05) is 13.1 Å². The molecule has 0 spiro atoms. The third-order valence-electron chi connectivity index (χ3n) is 6.85. The van der Waals surface area contributed by atoms with Crippen molar-refractivity contribution in [1.82, 2.24) is 15.3 Å². The van der Waals surface area contributed by atoms with Gasteiger partial charge in [-0.05, 0) is 44.4 Å². The number of carbonyl (C=O) groups is 4. The quantitative estimate of drug-likeness (QED) is 0.290. The van der Waals surface area contributed by atoms with Crippen LogP contribution in [-0.2, 0) is 19.2 Å². The number of likely N-dealkylation sites (tertiary alicyclic amines) is 1. The van der Waals surface area contributed by atoms with Crippen molar-refractivity contribution in [2.45, 2.75) is 76.7 Å². The summed E-state index contributed by atoms with van der Waals surface area (Å²) >= 11 is 0. The van der Waals surface area contributed by atoms with E-state index in [0.717, 1.165) is 57.8 Å². The predicted molar refractivity (Wildman–Crippen MR) is 104 cm³/mol. The number of hydrogen-bond acceptors (Lipinski definition) is 5. The van der Waals surface area contributed by atoms with E-state index in [-0.39, 0.29) is 30.2 Å². The summed E-state index contributed by atoms with van der Waals surface area (Å²) in [6.07, 6.45) is 10.2. The number of nitrogens with one attached hydrogen (secondary N) is 1. The van der Waals surface area contributed by atoms with Crippen LogP contribution in [-0.4, -0.2) is 58.4 Å². The average molecular weight is 408 g/mol. The molecule has 0 aromatic heterocycles. The van der Waals surface area contributed by atoms with Crippen LogP contribution >= 0.6 is 0 Å². The zero-order valence-electron chi connectivity index (χ0n) is 17.1. The van der Waals surface area contributed by atoms with E-state index in [1.807, 2.05) is 0 Å². The molecule has 0 radical (unpaired) electrons. The highest BCUT2D eigenvalue weighted by Gasteiger charge is 2.41. The van der Waals surface area contributed by atoms with E-state index in [1.54, 1.807) is 4.90 Å². The molecule has 8 nitrogen and oxygen atoms in total. The van der Waals surface area contributed by atoms with Gasteiger partial charge in [0.1, 0.15) is 6.04 Å². The maximum atomic E-state index is 13.3. The van der Waals surface area contributed by atoms with Crippen LogP contribution < -0.4 is 5.32 Å². The highest BCUT2D eigenvalue weighted by Crippen LogP contribution is 2.34. The molecule has 3 rings (SSSR count). The fourth-order valence-corrected chi connectivity index (χ4v) is 5.22. The van der Waals surface area contributed by atoms with Crippen LogP contribution in [0.2, 0.25) is 0 Å². The number of rotatable bonds is 7. The van der Waals surface area contributed by atoms with E-state index in [4.69, 9.17) is 0 Å². The van der Waals surface area contributed by atoms with Gasteiger partial charge in [-0.15, -0.1) is 0 Å². The van der Waals surface area contributed by atoms with Gasteiger partial charge < -0.3 is 4.90 Å². The molecule has 0 aromatic carbocycles. The molecule has 29 heavy (non-hydrogen) atoms. The van der Waals surface area contributed by atoms with Gasteiger partial charge in [-0.2, -0.15) is 0 Å². The summed E-state index contributed by atoms with van der Waals surface area (Å²) in [5, 5.41) is 12.8. The molecular formula is C21H33N3O5. The molecule has 0 aromatic rings. The lowest BCUT2D eigenvalue weighted by Crippen LogP contribution is -2.52. The minimum absolute atomic E-state index is 0.0567. The maximum Gasteiger partial charge on any atom is 0.249 e. The first kappa shape index (κ1) is 21.7. The Morgan fingerprint density at radius 3 is 2.28 bits per heavy atom. The molecule has 2 atom stereocenters. The van der Waals surface area contributed by atoms with E-state index < -0.39 is 17.9 Å². The van der Waals surface area contributed by atoms with Crippen molar-refractivity contribution in [3.05, 3.63) is 0 Å². The molecule has 3 fully saturated rings. The number of imide groups is 1. The molecule has 3 aliphatic rings. The Morgan fingerprint density at radius 2 is 1.62 bits per heavy atom. The summed E-state index contributed by atoms with van der Waals surface area (Å²) in [4.78, 5) is 51.0. The van der Waals surface area contributed by atoms with Gasteiger partial charge in [-0.1, -0.05) is 32.1 Å². The monoisotopic (exact) mass is 407 g/mol. The first-order chi connectivity index (χ1) is 14.0. The Kier molecular flexibility index (Phi) is 7.64. The van der Waals surface area contributed by atoms with E-state index in [1.165, 1.54) is 0 Å². The molecule has 0 bridgehead atoms. The Bertz CT molecular complexity index is 613. The van der Waals surface area contributed by atoms with Gasteiger partial charge >= 0.3 is 0 Å². The second kappa shape index (κ2) is 10.2.